The number of methoxy groups -OCH3 is 1. The molecule has 0 unspecified atom stereocenters. The van der Waals surface area contributed by atoms with Crippen molar-refractivity contribution in [1.82, 2.24) is 15.5 Å². The van der Waals surface area contributed by atoms with Crippen LogP contribution in [-0.4, -0.2) is 49.9 Å². The van der Waals surface area contributed by atoms with E-state index in [9.17, 15) is 18.0 Å². The first-order valence-corrected chi connectivity index (χ1v) is 7.77. The van der Waals surface area contributed by atoms with Crippen LogP contribution in [0.3, 0.4) is 0 Å². The second-order valence-electron chi connectivity index (χ2n) is 5.92. The number of likely N-dealkylation sites (tertiary alicyclic amines) is 1. The van der Waals surface area contributed by atoms with Crippen LogP contribution in [0.15, 0.2) is 24.3 Å². The summed E-state index contributed by atoms with van der Waals surface area (Å²) in [5, 5.41) is 5.52. The van der Waals surface area contributed by atoms with Crippen molar-refractivity contribution in [3.05, 3.63) is 29.8 Å². The van der Waals surface area contributed by atoms with Crippen molar-refractivity contribution in [2.75, 3.05) is 26.7 Å². The summed E-state index contributed by atoms with van der Waals surface area (Å²) < 4.78 is 42.4. The van der Waals surface area contributed by atoms with Gasteiger partial charge >= 0.3 is 12.2 Å². The molecule has 2 atom stereocenters. The summed E-state index contributed by atoms with van der Waals surface area (Å²) in [5.41, 5.74) is 0.834. The zero-order valence-corrected chi connectivity index (χ0v) is 13.7. The Morgan fingerprint density at radius 1 is 1.42 bits per heavy atom. The predicted molar refractivity (Wildman–Crippen MR) is 84.0 cm³/mol. The maximum Gasteiger partial charge on any atom is 0.401 e. The maximum absolute atomic E-state index is 12.4. The molecule has 24 heavy (non-hydrogen) atoms. The fourth-order valence-electron chi connectivity index (χ4n) is 2.87. The molecule has 1 aliphatic heterocycles. The Balaban J connectivity index is 1.83. The predicted octanol–water partition coefficient (Wildman–Crippen LogP) is 2.69. The lowest BCUT2D eigenvalue weighted by Gasteiger charge is -2.20. The number of urea groups is 1. The molecule has 2 N–H and O–H groups in total. The van der Waals surface area contributed by atoms with Gasteiger partial charge in [0, 0.05) is 24.7 Å². The highest BCUT2D eigenvalue weighted by molar-refractivity contribution is 5.75. The third-order valence-electron chi connectivity index (χ3n) is 3.96. The minimum absolute atomic E-state index is 0.204. The Labute approximate surface area is 139 Å². The Morgan fingerprint density at radius 2 is 2.12 bits per heavy atom. The zero-order valence-electron chi connectivity index (χ0n) is 13.7. The van der Waals surface area contributed by atoms with Gasteiger partial charge in [-0.2, -0.15) is 13.2 Å². The second-order valence-corrected chi connectivity index (χ2v) is 5.92. The molecule has 0 spiro atoms. The van der Waals surface area contributed by atoms with Crippen LogP contribution in [0, 0.1) is 0 Å². The van der Waals surface area contributed by atoms with Gasteiger partial charge in [0.2, 0.25) is 0 Å². The number of benzene rings is 1. The van der Waals surface area contributed by atoms with Crippen LogP contribution in [0.5, 0.6) is 5.75 Å². The van der Waals surface area contributed by atoms with Gasteiger partial charge in [-0.05, 0) is 19.4 Å². The number of amides is 2. The third kappa shape index (κ3) is 5.30. The Kier molecular flexibility index (Phi) is 5.93. The van der Waals surface area contributed by atoms with Gasteiger partial charge in [0.25, 0.3) is 0 Å². The lowest BCUT2D eigenvalue weighted by Crippen LogP contribution is -2.44. The largest absolute Gasteiger partial charge is 0.496 e. The third-order valence-corrected chi connectivity index (χ3v) is 3.96. The van der Waals surface area contributed by atoms with Crippen molar-refractivity contribution in [3.63, 3.8) is 0 Å². The number of nitrogens with zero attached hydrogens (tertiary/aromatic N) is 1. The van der Waals surface area contributed by atoms with Gasteiger partial charge in [-0.15, -0.1) is 0 Å². The van der Waals surface area contributed by atoms with E-state index in [2.05, 4.69) is 10.6 Å². The Hall–Kier alpha value is -1.96. The average Bonchev–Trinajstić information content (AvgIpc) is 2.91. The molecule has 1 heterocycles. The average molecular weight is 345 g/mol. The lowest BCUT2D eigenvalue weighted by atomic mass is 10.1. The monoisotopic (exact) mass is 345 g/mol. The summed E-state index contributed by atoms with van der Waals surface area (Å²) in [4.78, 5) is 13.4. The van der Waals surface area contributed by atoms with E-state index in [0.717, 1.165) is 5.56 Å². The number of para-hydroxylation sites is 1. The standard InChI is InChI=1S/C16H22F3N3O2/c1-11(13-5-3-4-6-14(13)24-2)20-15(23)21-12-7-8-22(9-12)10-16(17,18)19/h3-6,11-12H,7-10H2,1-2H3,(H2,20,21,23)/t11-,12-/m0/s1. The van der Waals surface area contributed by atoms with Gasteiger partial charge in [0.15, 0.2) is 0 Å². The van der Waals surface area contributed by atoms with Crippen molar-refractivity contribution in [2.45, 2.75) is 31.6 Å². The number of hydrogen-bond acceptors (Lipinski definition) is 3. The number of halogens is 3. The van der Waals surface area contributed by atoms with E-state index in [1.807, 2.05) is 25.1 Å². The van der Waals surface area contributed by atoms with Crippen LogP contribution >= 0.6 is 0 Å². The van der Waals surface area contributed by atoms with E-state index in [0.29, 0.717) is 18.7 Å². The molecule has 1 saturated heterocycles. The number of carbonyl (C=O) groups is 1. The molecule has 1 aromatic rings. The molecule has 1 aliphatic rings. The molecule has 2 amide bonds. The summed E-state index contributed by atoms with van der Waals surface area (Å²) in [7, 11) is 1.55. The summed E-state index contributed by atoms with van der Waals surface area (Å²) in [6.45, 7) is 1.41. The molecular formula is C16H22F3N3O2. The minimum Gasteiger partial charge on any atom is -0.496 e. The van der Waals surface area contributed by atoms with Crippen molar-refractivity contribution in [1.29, 1.82) is 0 Å². The molecule has 0 bridgehead atoms. The maximum atomic E-state index is 12.4. The molecule has 0 saturated carbocycles. The van der Waals surface area contributed by atoms with Gasteiger partial charge < -0.3 is 15.4 Å². The molecule has 134 valence electrons. The summed E-state index contributed by atoms with van der Waals surface area (Å²) in [6.07, 6.45) is -3.71. The van der Waals surface area contributed by atoms with Crippen molar-refractivity contribution < 1.29 is 22.7 Å². The van der Waals surface area contributed by atoms with Crippen molar-refractivity contribution >= 4 is 6.03 Å². The zero-order chi connectivity index (χ0) is 17.7. The van der Waals surface area contributed by atoms with E-state index in [1.54, 1.807) is 13.2 Å². The normalized spacial score (nSPS) is 19.8. The highest BCUT2D eigenvalue weighted by atomic mass is 19.4. The topological polar surface area (TPSA) is 53.6 Å². The van der Waals surface area contributed by atoms with E-state index >= 15 is 0 Å². The summed E-state index contributed by atoms with van der Waals surface area (Å²) >= 11 is 0. The van der Waals surface area contributed by atoms with Crippen LogP contribution in [0.4, 0.5) is 18.0 Å². The summed E-state index contributed by atoms with van der Waals surface area (Å²) in [5.74, 6) is 0.669. The van der Waals surface area contributed by atoms with Crippen molar-refractivity contribution in [3.8, 4) is 5.75 Å². The first-order valence-electron chi connectivity index (χ1n) is 7.77. The fraction of sp³-hybridized carbons (Fsp3) is 0.562. The highest BCUT2D eigenvalue weighted by Crippen LogP contribution is 2.24. The fourth-order valence-corrected chi connectivity index (χ4v) is 2.87. The van der Waals surface area contributed by atoms with E-state index in [1.165, 1.54) is 4.90 Å². The summed E-state index contributed by atoms with van der Waals surface area (Å²) in [6, 6.07) is 6.38. The van der Waals surface area contributed by atoms with Gasteiger partial charge in [-0.3, -0.25) is 4.90 Å². The molecule has 8 heteroatoms. The smallest absolute Gasteiger partial charge is 0.401 e. The van der Waals surface area contributed by atoms with Gasteiger partial charge in [-0.25, -0.2) is 4.79 Å². The molecule has 1 fully saturated rings. The SMILES string of the molecule is COc1ccccc1[C@H](C)NC(=O)N[C@H]1CCN(CC(F)(F)F)C1. The Bertz CT molecular complexity index is 566. The molecule has 0 aromatic heterocycles. The minimum atomic E-state index is -4.21. The molecule has 0 radical (unpaired) electrons. The number of ether oxygens (including phenoxy) is 1. The van der Waals surface area contributed by atoms with Gasteiger partial charge in [0.05, 0.1) is 19.7 Å². The number of alkyl halides is 3. The quantitative estimate of drug-likeness (QED) is 0.863. The molecule has 2 rings (SSSR count). The van der Waals surface area contributed by atoms with Crippen LogP contribution in [0.25, 0.3) is 0 Å². The van der Waals surface area contributed by atoms with Crippen molar-refractivity contribution in [2.24, 2.45) is 0 Å². The first-order chi connectivity index (χ1) is 11.3. The second kappa shape index (κ2) is 7.74. The van der Waals surface area contributed by atoms with E-state index in [-0.39, 0.29) is 18.6 Å². The van der Waals surface area contributed by atoms with Crippen LogP contribution in [0.2, 0.25) is 0 Å². The van der Waals surface area contributed by atoms with E-state index in [4.69, 9.17) is 4.74 Å². The van der Waals surface area contributed by atoms with Crippen LogP contribution < -0.4 is 15.4 Å². The lowest BCUT2D eigenvalue weighted by molar-refractivity contribution is -0.143. The molecular weight excluding hydrogens is 323 g/mol. The molecule has 5 nitrogen and oxygen atoms in total. The van der Waals surface area contributed by atoms with Crippen LogP contribution in [0.1, 0.15) is 24.9 Å². The number of hydrogen-bond donors (Lipinski definition) is 2. The molecule has 0 aliphatic carbocycles. The number of nitrogens with one attached hydrogen (secondary N) is 2. The number of rotatable bonds is 5. The van der Waals surface area contributed by atoms with Gasteiger partial charge in [0.1, 0.15) is 5.75 Å². The van der Waals surface area contributed by atoms with Crippen LogP contribution in [-0.2, 0) is 0 Å². The van der Waals surface area contributed by atoms with E-state index < -0.39 is 18.8 Å². The molecule has 1 aromatic carbocycles. The number of carbonyl (C=O) groups excluding carboxylic acids is 1. The Morgan fingerprint density at radius 3 is 2.79 bits per heavy atom. The van der Waals surface area contributed by atoms with Gasteiger partial charge in [-0.1, -0.05) is 18.2 Å². The highest BCUT2D eigenvalue weighted by Gasteiger charge is 2.34. The first kappa shape index (κ1) is 18.4.